The SMILES string of the molecule is CCCn1nc(C(C)(C)C)c(O)c1CC. The van der Waals surface area contributed by atoms with Crippen molar-refractivity contribution in [3.8, 4) is 5.75 Å². The lowest BCUT2D eigenvalue weighted by atomic mass is 9.91. The van der Waals surface area contributed by atoms with Gasteiger partial charge in [-0.05, 0) is 12.8 Å². The molecule has 1 aromatic heterocycles. The van der Waals surface area contributed by atoms with Crippen LogP contribution in [-0.2, 0) is 18.4 Å². The van der Waals surface area contributed by atoms with Gasteiger partial charge in [0.15, 0.2) is 5.75 Å². The van der Waals surface area contributed by atoms with E-state index in [-0.39, 0.29) is 5.41 Å². The Morgan fingerprint density at radius 1 is 1.27 bits per heavy atom. The Hall–Kier alpha value is -0.990. The molecular weight excluding hydrogens is 188 g/mol. The average Bonchev–Trinajstić information content (AvgIpc) is 2.42. The first-order chi connectivity index (χ1) is 6.91. The van der Waals surface area contributed by atoms with Gasteiger partial charge in [-0.2, -0.15) is 5.10 Å². The molecule has 1 N–H and O–H groups in total. The molecule has 1 rings (SSSR count). The van der Waals surface area contributed by atoms with E-state index in [0.29, 0.717) is 5.75 Å². The van der Waals surface area contributed by atoms with Crippen molar-refractivity contribution in [2.24, 2.45) is 0 Å². The molecule has 86 valence electrons. The van der Waals surface area contributed by atoms with E-state index < -0.39 is 0 Å². The highest BCUT2D eigenvalue weighted by atomic mass is 16.3. The molecule has 1 aromatic rings. The van der Waals surface area contributed by atoms with E-state index in [1.807, 2.05) is 4.68 Å². The van der Waals surface area contributed by atoms with Crippen molar-refractivity contribution < 1.29 is 5.11 Å². The molecule has 0 spiro atoms. The minimum absolute atomic E-state index is 0.0903. The molecule has 0 bridgehead atoms. The van der Waals surface area contributed by atoms with Gasteiger partial charge in [-0.15, -0.1) is 0 Å². The molecule has 0 aromatic carbocycles. The van der Waals surface area contributed by atoms with Crippen molar-refractivity contribution in [1.29, 1.82) is 0 Å². The summed E-state index contributed by atoms with van der Waals surface area (Å²) in [5, 5.41) is 14.6. The van der Waals surface area contributed by atoms with Crippen molar-refractivity contribution >= 4 is 0 Å². The van der Waals surface area contributed by atoms with Crippen LogP contribution in [0.1, 0.15) is 52.4 Å². The van der Waals surface area contributed by atoms with E-state index in [1.54, 1.807) is 0 Å². The number of aromatic nitrogens is 2. The van der Waals surface area contributed by atoms with Crippen LogP contribution in [0.25, 0.3) is 0 Å². The van der Waals surface area contributed by atoms with Gasteiger partial charge in [-0.25, -0.2) is 0 Å². The maximum atomic E-state index is 10.1. The Morgan fingerprint density at radius 2 is 1.87 bits per heavy atom. The first-order valence-electron chi connectivity index (χ1n) is 5.70. The second-order valence-electron chi connectivity index (χ2n) is 4.97. The molecular formula is C12H22N2O. The molecule has 0 aliphatic heterocycles. The first kappa shape index (κ1) is 12.1. The van der Waals surface area contributed by atoms with Gasteiger partial charge in [-0.1, -0.05) is 34.6 Å². The molecule has 0 aliphatic carbocycles. The Balaban J connectivity index is 3.21. The van der Waals surface area contributed by atoms with Crippen molar-refractivity contribution in [3.05, 3.63) is 11.4 Å². The molecule has 0 atom stereocenters. The normalized spacial score (nSPS) is 12.1. The van der Waals surface area contributed by atoms with Crippen LogP contribution in [0, 0.1) is 0 Å². The number of aromatic hydroxyl groups is 1. The van der Waals surface area contributed by atoms with E-state index in [4.69, 9.17) is 0 Å². The smallest absolute Gasteiger partial charge is 0.160 e. The number of nitrogens with zero attached hydrogens (tertiary/aromatic N) is 2. The molecule has 0 saturated carbocycles. The molecule has 1 heterocycles. The van der Waals surface area contributed by atoms with E-state index in [1.165, 1.54) is 0 Å². The van der Waals surface area contributed by atoms with Crippen LogP contribution in [0.3, 0.4) is 0 Å². The van der Waals surface area contributed by atoms with E-state index >= 15 is 0 Å². The number of hydrogen-bond acceptors (Lipinski definition) is 2. The van der Waals surface area contributed by atoms with Gasteiger partial charge in [0.05, 0.1) is 5.69 Å². The van der Waals surface area contributed by atoms with Gasteiger partial charge < -0.3 is 5.11 Å². The van der Waals surface area contributed by atoms with E-state index in [0.717, 1.165) is 30.8 Å². The number of rotatable bonds is 3. The highest BCUT2D eigenvalue weighted by Gasteiger charge is 2.25. The molecule has 0 radical (unpaired) electrons. The van der Waals surface area contributed by atoms with Gasteiger partial charge in [-0.3, -0.25) is 4.68 Å². The van der Waals surface area contributed by atoms with Gasteiger partial charge >= 0.3 is 0 Å². The first-order valence-corrected chi connectivity index (χ1v) is 5.70. The van der Waals surface area contributed by atoms with Crippen LogP contribution in [0.5, 0.6) is 5.75 Å². The summed E-state index contributed by atoms with van der Waals surface area (Å²) >= 11 is 0. The third-order valence-electron chi connectivity index (χ3n) is 2.51. The summed E-state index contributed by atoms with van der Waals surface area (Å²) in [4.78, 5) is 0. The summed E-state index contributed by atoms with van der Waals surface area (Å²) in [6.45, 7) is 11.3. The summed E-state index contributed by atoms with van der Waals surface area (Å²) in [5.41, 5.74) is 1.68. The second-order valence-corrected chi connectivity index (χ2v) is 4.97. The number of aryl methyl sites for hydroxylation is 1. The predicted octanol–water partition coefficient (Wildman–Crippen LogP) is 2.86. The zero-order chi connectivity index (χ0) is 11.6. The van der Waals surface area contributed by atoms with Crippen molar-refractivity contribution in [3.63, 3.8) is 0 Å². The van der Waals surface area contributed by atoms with Crippen LogP contribution in [0.2, 0.25) is 0 Å². The molecule has 0 saturated heterocycles. The molecule has 15 heavy (non-hydrogen) atoms. The topological polar surface area (TPSA) is 38.0 Å². The third-order valence-corrected chi connectivity index (χ3v) is 2.51. The average molecular weight is 210 g/mol. The van der Waals surface area contributed by atoms with Crippen LogP contribution in [-0.4, -0.2) is 14.9 Å². The van der Waals surface area contributed by atoms with Crippen LogP contribution in [0.4, 0.5) is 0 Å². The van der Waals surface area contributed by atoms with E-state index in [2.05, 4.69) is 39.7 Å². The van der Waals surface area contributed by atoms with Crippen LogP contribution < -0.4 is 0 Å². The lowest BCUT2D eigenvalue weighted by Gasteiger charge is -2.15. The Bertz CT molecular complexity index is 334. The standard InChI is InChI=1S/C12H22N2O/c1-6-8-14-9(7-2)10(15)11(13-14)12(3,4)5/h15H,6-8H2,1-5H3. The lowest BCUT2D eigenvalue weighted by molar-refractivity contribution is 0.439. The van der Waals surface area contributed by atoms with E-state index in [9.17, 15) is 5.11 Å². The zero-order valence-electron chi connectivity index (χ0n) is 10.5. The summed E-state index contributed by atoms with van der Waals surface area (Å²) < 4.78 is 1.94. The fourth-order valence-corrected chi connectivity index (χ4v) is 1.74. The van der Waals surface area contributed by atoms with Gasteiger partial charge in [0, 0.05) is 12.0 Å². The molecule has 0 aliphatic rings. The molecule has 0 unspecified atom stereocenters. The molecule has 3 nitrogen and oxygen atoms in total. The highest BCUT2D eigenvalue weighted by Crippen LogP contribution is 2.32. The van der Waals surface area contributed by atoms with Crippen molar-refractivity contribution in [2.75, 3.05) is 0 Å². The minimum atomic E-state index is -0.0903. The largest absolute Gasteiger partial charge is 0.504 e. The zero-order valence-corrected chi connectivity index (χ0v) is 10.5. The quantitative estimate of drug-likeness (QED) is 0.833. The Morgan fingerprint density at radius 3 is 2.27 bits per heavy atom. The van der Waals surface area contributed by atoms with Crippen LogP contribution >= 0.6 is 0 Å². The Labute approximate surface area is 92.1 Å². The molecule has 3 heteroatoms. The van der Waals surface area contributed by atoms with Crippen LogP contribution in [0.15, 0.2) is 0 Å². The second kappa shape index (κ2) is 4.25. The third kappa shape index (κ3) is 2.33. The lowest BCUT2D eigenvalue weighted by Crippen LogP contribution is -2.13. The maximum absolute atomic E-state index is 10.1. The van der Waals surface area contributed by atoms with Crippen molar-refractivity contribution in [2.45, 2.75) is 59.4 Å². The van der Waals surface area contributed by atoms with Gasteiger partial charge in [0.2, 0.25) is 0 Å². The molecule has 0 amide bonds. The summed E-state index contributed by atoms with van der Waals surface area (Å²) in [7, 11) is 0. The summed E-state index contributed by atoms with van der Waals surface area (Å²) in [6.07, 6.45) is 1.87. The fourth-order valence-electron chi connectivity index (χ4n) is 1.74. The van der Waals surface area contributed by atoms with Crippen molar-refractivity contribution in [1.82, 2.24) is 9.78 Å². The minimum Gasteiger partial charge on any atom is -0.504 e. The fraction of sp³-hybridized carbons (Fsp3) is 0.750. The maximum Gasteiger partial charge on any atom is 0.160 e. The monoisotopic (exact) mass is 210 g/mol. The summed E-state index contributed by atoms with van der Waals surface area (Å²) in [6, 6.07) is 0. The summed E-state index contributed by atoms with van der Waals surface area (Å²) in [5.74, 6) is 0.387. The molecule has 0 fully saturated rings. The van der Waals surface area contributed by atoms with Gasteiger partial charge in [0.1, 0.15) is 5.69 Å². The highest BCUT2D eigenvalue weighted by molar-refractivity contribution is 5.36. The predicted molar refractivity (Wildman–Crippen MR) is 62.3 cm³/mol. The number of hydrogen-bond donors (Lipinski definition) is 1. The van der Waals surface area contributed by atoms with Gasteiger partial charge in [0.25, 0.3) is 0 Å². The Kier molecular flexibility index (Phi) is 3.42.